The van der Waals surface area contributed by atoms with Crippen molar-refractivity contribution in [3.05, 3.63) is 92.9 Å². The summed E-state index contributed by atoms with van der Waals surface area (Å²) in [4.78, 5) is 28.0. The molecule has 0 saturated heterocycles. The van der Waals surface area contributed by atoms with Gasteiger partial charge in [0, 0.05) is 18.6 Å². The molecule has 0 heterocycles. The first-order valence-electron chi connectivity index (χ1n) is 11.8. The summed E-state index contributed by atoms with van der Waals surface area (Å²) in [6, 6.07) is 16.6. The van der Waals surface area contributed by atoms with Gasteiger partial charge in [-0.25, -0.2) is 8.42 Å². The Morgan fingerprint density at radius 2 is 1.55 bits per heavy atom. The van der Waals surface area contributed by atoms with Crippen LogP contribution in [-0.4, -0.2) is 44.8 Å². The number of halogens is 3. The van der Waals surface area contributed by atoms with Crippen LogP contribution in [0.2, 0.25) is 15.1 Å². The Labute approximate surface area is 238 Å². The minimum absolute atomic E-state index is 0.0146. The molecule has 38 heavy (non-hydrogen) atoms. The van der Waals surface area contributed by atoms with E-state index in [1.807, 2.05) is 6.92 Å². The van der Waals surface area contributed by atoms with Gasteiger partial charge in [-0.3, -0.25) is 13.9 Å². The lowest BCUT2D eigenvalue weighted by Crippen LogP contribution is -2.51. The van der Waals surface area contributed by atoms with Crippen LogP contribution in [0.1, 0.15) is 24.5 Å². The number of nitrogens with zero attached hydrogens (tertiary/aromatic N) is 2. The Kier molecular flexibility index (Phi) is 10.1. The first-order chi connectivity index (χ1) is 18.0. The molecule has 0 aliphatic carbocycles. The van der Waals surface area contributed by atoms with Crippen molar-refractivity contribution in [3.8, 4) is 0 Å². The maximum atomic E-state index is 13.9. The number of carbonyl (C=O) groups excluding carboxylic acids is 2. The highest BCUT2D eigenvalue weighted by molar-refractivity contribution is 7.92. The minimum atomic E-state index is -4.15. The van der Waals surface area contributed by atoms with E-state index < -0.39 is 28.5 Å². The number of amides is 2. The molecule has 1 N–H and O–H groups in total. The van der Waals surface area contributed by atoms with E-state index in [4.69, 9.17) is 34.8 Å². The fourth-order valence-corrected chi connectivity index (χ4v) is 5.76. The van der Waals surface area contributed by atoms with Gasteiger partial charge in [0.1, 0.15) is 12.6 Å². The van der Waals surface area contributed by atoms with Crippen LogP contribution < -0.4 is 9.62 Å². The third-order valence-corrected chi connectivity index (χ3v) is 8.75. The zero-order chi connectivity index (χ0) is 28.0. The molecule has 1 atom stereocenters. The van der Waals surface area contributed by atoms with Crippen LogP contribution in [0.3, 0.4) is 0 Å². The first kappa shape index (κ1) is 29.8. The second-order valence-corrected chi connectivity index (χ2v) is 11.7. The highest BCUT2D eigenvalue weighted by atomic mass is 35.5. The number of likely N-dealkylation sites (N-methyl/N-ethyl adjacent to an activating group) is 1. The lowest BCUT2D eigenvalue weighted by Gasteiger charge is -2.33. The van der Waals surface area contributed by atoms with Crippen molar-refractivity contribution in [2.24, 2.45) is 0 Å². The highest BCUT2D eigenvalue weighted by Gasteiger charge is 2.33. The average molecular weight is 597 g/mol. The Hall–Kier alpha value is -2.78. The molecule has 0 spiro atoms. The third kappa shape index (κ3) is 6.99. The van der Waals surface area contributed by atoms with E-state index in [0.717, 1.165) is 9.87 Å². The monoisotopic (exact) mass is 595 g/mol. The van der Waals surface area contributed by atoms with E-state index in [0.29, 0.717) is 27.1 Å². The van der Waals surface area contributed by atoms with Gasteiger partial charge in [0.2, 0.25) is 11.8 Å². The van der Waals surface area contributed by atoms with Crippen molar-refractivity contribution in [1.82, 2.24) is 10.2 Å². The van der Waals surface area contributed by atoms with Crippen LogP contribution in [-0.2, 0) is 26.2 Å². The van der Waals surface area contributed by atoms with Gasteiger partial charge in [0.15, 0.2) is 0 Å². The van der Waals surface area contributed by atoms with E-state index in [9.17, 15) is 18.0 Å². The maximum Gasteiger partial charge on any atom is 0.264 e. The molecule has 3 rings (SSSR count). The fourth-order valence-electron chi connectivity index (χ4n) is 3.89. The van der Waals surface area contributed by atoms with E-state index in [-0.39, 0.29) is 23.0 Å². The van der Waals surface area contributed by atoms with Crippen molar-refractivity contribution in [3.63, 3.8) is 0 Å². The van der Waals surface area contributed by atoms with Crippen LogP contribution in [0.25, 0.3) is 0 Å². The number of carbonyl (C=O) groups is 2. The summed E-state index contributed by atoms with van der Waals surface area (Å²) in [5.41, 5.74) is 1.78. The molecule has 2 amide bonds. The van der Waals surface area contributed by atoms with Crippen LogP contribution in [0.4, 0.5) is 5.69 Å². The number of sulfonamides is 1. The molecule has 0 bridgehead atoms. The fraction of sp³-hybridized carbons (Fsp3) is 0.259. The van der Waals surface area contributed by atoms with Crippen molar-refractivity contribution in [1.29, 1.82) is 0 Å². The number of anilines is 1. The predicted molar refractivity (Wildman–Crippen MR) is 152 cm³/mol. The Morgan fingerprint density at radius 3 is 2.11 bits per heavy atom. The molecule has 11 heteroatoms. The molecule has 0 fully saturated rings. The highest BCUT2D eigenvalue weighted by Crippen LogP contribution is 2.27. The van der Waals surface area contributed by atoms with Gasteiger partial charge in [0.25, 0.3) is 10.0 Å². The van der Waals surface area contributed by atoms with E-state index >= 15 is 0 Å². The first-order valence-corrected chi connectivity index (χ1v) is 14.3. The van der Waals surface area contributed by atoms with Crippen molar-refractivity contribution in [2.45, 2.75) is 37.8 Å². The third-order valence-electron chi connectivity index (χ3n) is 5.97. The second kappa shape index (κ2) is 12.8. The van der Waals surface area contributed by atoms with Gasteiger partial charge < -0.3 is 10.2 Å². The predicted octanol–water partition coefficient (Wildman–Crippen LogP) is 5.70. The van der Waals surface area contributed by atoms with Crippen LogP contribution >= 0.6 is 34.8 Å². The molecule has 3 aromatic rings. The molecule has 202 valence electrons. The zero-order valence-electron chi connectivity index (χ0n) is 21.1. The number of aryl methyl sites for hydroxylation is 1. The van der Waals surface area contributed by atoms with Crippen molar-refractivity contribution >= 4 is 62.3 Å². The standard InChI is InChI=1S/C27H28Cl3N3O4S/c1-4-25(27(35)31-3)32(16-19-7-14-23(29)24(30)15-19)26(34)17-33(21-10-8-20(28)9-11-21)38(36,37)22-12-5-18(2)6-13-22/h5-15,25H,4,16-17H2,1-3H3,(H,31,35). The molecule has 0 aliphatic rings. The SMILES string of the molecule is CCC(C(=O)NC)N(Cc1ccc(Cl)c(Cl)c1)C(=O)CN(c1ccc(Cl)cc1)S(=O)(=O)c1ccc(C)cc1. The number of benzene rings is 3. The average Bonchev–Trinajstić information content (AvgIpc) is 2.89. The van der Waals surface area contributed by atoms with Gasteiger partial charge in [-0.2, -0.15) is 0 Å². The molecule has 7 nitrogen and oxygen atoms in total. The van der Waals surface area contributed by atoms with Crippen LogP contribution in [0.15, 0.2) is 71.6 Å². The summed E-state index contributed by atoms with van der Waals surface area (Å²) in [5.74, 6) is -0.947. The smallest absolute Gasteiger partial charge is 0.264 e. The van der Waals surface area contributed by atoms with Gasteiger partial charge in [0.05, 0.1) is 20.6 Å². The summed E-state index contributed by atoms with van der Waals surface area (Å²) < 4.78 is 28.6. The van der Waals surface area contributed by atoms with Gasteiger partial charge >= 0.3 is 0 Å². The quantitative estimate of drug-likeness (QED) is 0.325. The number of rotatable bonds is 10. The topological polar surface area (TPSA) is 86.8 Å². The normalized spacial score (nSPS) is 12.1. The number of hydrogen-bond donors (Lipinski definition) is 1. The Morgan fingerprint density at radius 1 is 0.921 bits per heavy atom. The van der Waals surface area contributed by atoms with Gasteiger partial charge in [-0.05, 0) is 67.4 Å². The molecule has 0 saturated carbocycles. The summed E-state index contributed by atoms with van der Waals surface area (Å²) in [6.45, 7) is 3.09. The van der Waals surface area contributed by atoms with Crippen LogP contribution in [0.5, 0.6) is 0 Å². The van der Waals surface area contributed by atoms with Crippen molar-refractivity contribution < 1.29 is 18.0 Å². The van der Waals surface area contributed by atoms with Gasteiger partial charge in [-0.1, -0.05) is 65.5 Å². The largest absolute Gasteiger partial charge is 0.357 e. The lowest BCUT2D eigenvalue weighted by atomic mass is 10.1. The van der Waals surface area contributed by atoms with E-state index in [2.05, 4.69) is 5.32 Å². The van der Waals surface area contributed by atoms with E-state index in [1.165, 1.54) is 36.2 Å². The van der Waals surface area contributed by atoms with Crippen LogP contribution in [0, 0.1) is 6.92 Å². The minimum Gasteiger partial charge on any atom is -0.357 e. The number of nitrogens with one attached hydrogen (secondary N) is 1. The molecular weight excluding hydrogens is 569 g/mol. The second-order valence-electron chi connectivity index (χ2n) is 8.61. The zero-order valence-corrected chi connectivity index (χ0v) is 24.2. The lowest BCUT2D eigenvalue weighted by molar-refractivity contribution is -0.140. The number of hydrogen-bond acceptors (Lipinski definition) is 4. The van der Waals surface area contributed by atoms with E-state index in [1.54, 1.807) is 49.4 Å². The summed E-state index contributed by atoms with van der Waals surface area (Å²) in [7, 11) is -2.67. The summed E-state index contributed by atoms with van der Waals surface area (Å²) >= 11 is 18.3. The van der Waals surface area contributed by atoms with Gasteiger partial charge in [-0.15, -0.1) is 0 Å². The molecule has 0 radical (unpaired) electrons. The summed E-state index contributed by atoms with van der Waals surface area (Å²) in [5, 5.41) is 3.65. The molecular formula is C27H28Cl3N3O4S. The maximum absolute atomic E-state index is 13.9. The molecule has 0 aromatic heterocycles. The van der Waals surface area contributed by atoms with Crippen molar-refractivity contribution in [2.75, 3.05) is 17.9 Å². The molecule has 0 aliphatic heterocycles. The molecule has 3 aromatic carbocycles. The molecule has 1 unspecified atom stereocenters. The Bertz CT molecular complexity index is 1400. The Balaban J connectivity index is 2.06. The summed E-state index contributed by atoms with van der Waals surface area (Å²) in [6.07, 6.45) is 0.304.